The van der Waals surface area contributed by atoms with Gasteiger partial charge in [-0.25, -0.2) is 4.98 Å². The van der Waals surface area contributed by atoms with E-state index in [0.717, 1.165) is 22.4 Å². The number of anilines is 1. The van der Waals surface area contributed by atoms with E-state index in [1.165, 1.54) is 35.2 Å². The largest absolute Gasteiger partial charge is 0.359 e. The number of aromatic nitrogens is 3. The molecule has 1 aliphatic heterocycles. The summed E-state index contributed by atoms with van der Waals surface area (Å²) in [5.41, 5.74) is 3.00. The monoisotopic (exact) mass is 462 g/mol. The van der Waals surface area contributed by atoms with Gasteiger partial charge in [0.1, 0.15) is 12.2 Å². The lowest BCUT2D eigenvalue weighted by molar-refractivity contribution is -0.121. The summed E-state index contributed by atoms with van der Waals surface area (Å²) in [5, 5.41) is 5.33. The van der Waals surface area contributed by atoms with Crippen molar-refractivity contribution in [2.45, 2.75) is 25.4 Å². The minimum absolute atomic E-state index is 0.269. The summed E-state index contributed by atoms with van der Waals surface area (Å²) in [4.78, 5) is 37.7. The second-order valence-corrected chi connectivity index (χ2v) is 8.06. The number of benzene rings is 1. The SMILES string of the molecule is Cc1cnc(NCC(F)(F)c2ccccn2)c(=O)n1CC(=O)NC1C2=CN=C1c1ccccc12. The highest BCUT2D eigenvalue weighted by Gasteiger charge is 2.37. The maximum atomic E-state index is 14.4. The summed E-state index contributed by atoms with van der Waals surface area (Å²) in [6.07, 6.45) is 4.36. The first-order chi connectivity index (χ1) is 16.3. The number of rotatable bonds is 7. The Balaban J connectivity index is 1.29. The van der Waals surface area contributed by atoms with E-state index in [0.29, 0.717) is 5.69 Å². The van der Waals surface area contributed by atoms with E-state index in [9.17, 15) is 18.4 Å². The minimum atomic E-state index is -3.31. The van der Waals surface area contributed by atoms with Crippen LogP contribution in [0.2, 0.25) is 0 Å². The molecule has 1 atom stereocenters. The number of carbonyl (C=O) groups excluding carboxylic acids is 1. The van der Waals surface area contributed by atoms with Gasteiger partial charge >= 0.3 is 5.92 Å². The summed E-state index contributed by atoms with van der Waals surface area (Å²) >= 11 is 0. The fourth-order valence-corrected chi connectivity index (χ4v) is 4.09. The van der Waals surface area contributed by atoms with E-state index in [4.69, 9.17) is 0 Å². The number of aliphatic imine (C=N–C) groups is 1. The van der Waals surface area contributed by atoms with Gasteiger partial charge in [-0.05, 0) is 24.6 Å². The number of carbonyl (C=O) groups is 1. The number of nitrogens with zero attached hydrogens (tertiary/aromatic N) is 4. The molecule has 0 saturated heterocycles. The Morgan fingerprint density at radius 1 is 1.12 bits per heavy atom. The number of nitrogens with one attached hydrogen (secondary N) is 2. The Morgan fingerprint density at radius 3 is 2.62 bits per heavy atom. The molecule has 8 nitrogen and oxygen atoms in total. The molecule has 10 heteroatoms. The predicted octanol–water partition coefficient (Wildman–Crippen LogP) is 2.49. The van der Waals surface area contributed by atoms with E-state index in [1.54, 1.807) is 13.1 Å². The topological polar surface area (TPSA) is 101 Å². The van der Waals surface area contributed by atoms with Gasteiger partial charge in [0.25, 0.3) is 5.56 Å². The fourth-order valence-electron chi connectivity index (χ4n) is 4.09. The summed E-state index contributed by atoms with van der Waals surface area (Å²) in [5.74, 6) is -3.98. The van der Waals surface area contributed by atoms with Crippen molar-refractivity contribution in [1.29, 1.82) is 0 Å². The highest BCUT2D eigenvalue weighted by atomic mass is 19.3. The van der Waals surface area contributed by atoms with Gasteiger partial charge < -0.3 is 10.6 Å². The lowest BCUT2D eigenvalue weighted by atomic mass is 10.1. The van der Waals surface area contributed by atoms with Crippen molar-refractivity contribution >= 4 is 23.0 Å². The molecule has 1 aromatic carbocycles. The van der Waals surface area contributed by atoms with Crippen LogP contribution in [0.15, 0.2) is 70.8 Å². The molecular weight excluding hydrogens is 442 g/mol. The minimum Gasteiger partial charge on any atom is -0.359 e. The van der Waals surface area contributed by atoms with Crippen LogP contribution in [0.1, 0.15) is 22.5 Å². The van der Waals surface area contributed by atoms with E-state index < -0.39 is 29.6 Å². The molecule has 0 radical (unpaired) electrons. The van der Waals surface area contributed by atoms with Crippen molar-refractivity contribution < 1.29 is 13.6 Å². The van der Waals surface area contributed by atoms with Crippen LogP contribution in [-0.2, 0) is 17.3 Å². The molecule has 0 saturated carbocycles. The second kappa shape index (κ2) is 8.29. The zero-order valence-electron chi connectivity index (χ0n) is 18.1. The molecule has 2 aliphatic rings. The van der Waals surface area contributed by atoms with Crippen LogP contribution >= 0.6 is 0 Å². The van der Waals surface area contributed by atoms with E-state index in [-0.39, 0.29) is 18.4 Å². The normalized spacial score (nSPS) is 16.0. The van der Waals surface area contributed by atoms with Crippen LogP contribution < -0.4 is 16.2 Å². The van der Waals surface area contributed by atoms with Crippen molar-refractivity contribution in [3.63, 3.8) is 0 Å². The summed E-state index contributed by atoms with van der Waals surface area (Å²) in [7, 11) is 0. The van der Waals surface area contributed by atoms with Crippen LogP contribution in [0, 0.1) is 6.92 Å². The highest BCUT2D eigenvalue weighted by Crippen LogP contribution is 2.37. The van der Waals surface area contributed by atoms with Crippen LogP contribution in [0.5, 0.6) is 0 Å². The predicted molar refractivity (Wildman–Crippen MR) is 123 cm³/mol. The number of hydrogen-bond donors (Lipinski definition) is 2. The Bertz CT molecular complexity index is 1360. The number of hydrogen-bond acceptors (Lipinski definition) is 6. The van der Waals surface area contributed by atoms with Gasteiger partial charge in [-0.1, -0.05) is 30.3 Å². The first-order valence-electron chi connectivity index (χ1n) is 10.6. The lowest BCUT2D eigenvalue weighted by Crippen LogP contribution is -2.41. The van der Waals surface area contributed by atoms with E-state index >= 15 is 0 Å². The maximum absolute atomic E-state index is 14.4. The third kappa shape index (κ3) is 3.76. The third-order valence-corrected chi connectivity index (χ3v) is 5.82. The number of aryl methyl sites for hydroxylation is 1. The summed E-state index contributed by atoms with van der Waals surface area (Å²) < 4.78 is 30.1. The molecule has 3 aromatic rings. The molecular formula is C24H20F2N6O2. The smallest absolute Gasteiger partial charge is 0.306 e. The van der Waals surface area contributed by atoms with E-state index in [2.05, 4.69) is 25.6 Å². The number of amides is 1. The van der Waals surface area contributed by atoms with E-state index in [1.807, 2.05) is 24.3 Å². The van der Waals surface area contributed by atoms with Crippen molar-refractivity contribution in [2.24, 2.45) is 4.99 Å². The Labute approximate surface area is 193 Å². The second-order valence-electron chi connectivity index (χ2n) is 8.06. The third-order valence-electron chi connectivity index (χ3n) is 5.82. The average Bonchev–Trinajstić information content (AvgIpc) is 3.37. The van der Waals surface area contributed by atoms with Crippen LogP contribution in [0.25, 0.3) is 5.57 Å². The van der Waals surface area contributed by atoms with Crippen LogP contribution in [0.3, 0.4) is 0 Å². The van der Waals surface area contributed by atoms with Crippen LogP contribution in [0.4, 0.5) is 14.6 Å². The average molecular weight is 462 g/mol. The van der Waals surface area contributed by atoms with Crippen molar-refractivity contribution in [1.82, 2.24) is 19.9 Å². The number of fused-ring (bicyclic) bond motifs is 5. The van der Waals surface area contributed by atoms with Gasteiger partial charge in [-0.3, -0.25) is 24.1 Å². The Hall–Kier alpha value is -4.21. The molecule has 172 valence electrons. The number of alkyl halides is 2. The van der Waals surface area contributed by atoms with Gasteiger partial charge in [0.2, 0.25) is 5.91 Å². The van der Waals surface area contributed by atoms with Gasteiger partial charge in [-0.2, -0.15) is 8.78 Å². The first-order valence-corrected chi connectivity index (χ1v) is 10.6. The lowest BCUT2D eigenvalue weighted by Gasteiger charge is -2.18. The quantitative estimate of drug-likeness (QED) is 0.562. The van der Waals surface area contributed by atoms with Gasteiger partial charge in [0.05, 0.1) is 18.3 Å². The Morgan fingerprint density at radius 2 is 1.88 bits per heavy atom. The molecule has 1 amide bonds. The molecule has 34 heavy (non-hydrogen) atoms. The zero-order valence-corrected chi connectivity index (χ0v) is 18.1. The van der Waals surface area contributed by atoms with Crippen molar-refractivity contribution in [3.05, 3.63) is 93.9 Å². The number of halogens is 2. The van der Waals surface area contributed by atoms with Crippen molar-refractivity contribution in [2.75, 3.05) is 11.9 Å². The molecule has 1 aliphatic carbocycles. The molecule has 2 bridgehead atoms. The molecule has 1 unspecified atom stereocenters. The highest BCUT2D eigenvalue weighted by molar-refractivity contribution is 6.23. The molecule has 3 heterocycles. The zero-order chi connectivity index (χ0) is 23.9. The Kier molecular flexibility index (Phi) is 5.27. The van der Waals surface area contributed by atoms with Gasteiger partial charge in [-0.15, -0.1) is 0 Å². The summed E-state index contributed by atoms with van der Waals surface area (Å²) in [6, 6.07) is 11.6. The van der Waals surface area contributed by atoms with Crippen molar-refractivity contribution in [3.8, 4) is 0 Å². The molecule has 0 spiro atoms. The molecule has 2 aromatic heterocycles. The summed E-state index contributed by atoms with van der Waals surface area (Å²) in [6.45, 7) is 0.470. The standard InChI is InChI=1S/C24H20F2N6O2/c1-14-10-29-22(30-13-24(25,26)18-8-4-5-9-27-18)23(34)32(14)12-19(33)31-21-17-11-28-20(21)16-7-3-2-6-15(16)17/h2-11,21H,12-13H2,1H3,(H,29,30)(H,31,33). The van der Waals surface area contributed by atoms with Gasteiger partial charge in [0, 0.05) is 35.4 Å². The molecule has 0 fully saturated rings. The van der Waals surface area contributed by atoms with Crippen LogP contribution in [-0.4, -0.2) is 38.7 Å². The first kappa shape index (κ1) is 21.6. The fraction of sp³-hybridized carbons (Fsp3) is 0.208. The van der Waals surface area contributed by atoms with Gasteiger partial charge in [0.15, 0.2) is 5.82 Å². The molecule has 2 N–H and O–H groups in total. The maximum Gasteiger partial charge on any atom is 0.306 e. The number of pyridine rings is 1. The molecule has 5 rings (SSSR count).